The molecule has 0 saturated heterocycles. The van der Waals surface area contributed by atoms with E-state index >= 15 is 0 Å². The minimum absolute atomic E-state index is 0.0673. The zero-order valence-electron chi connectivity index (χ0n) is 13.1. The second-order valence-corrected chi connectivity index (χ2v) is 5.20. The molecule has 1 amide bonds. The normalized spacial score (nSPS) is 10.5. The molecule has 0 fully saturated rings. The number of carbonyl (C=O) groups is 1. The van der Waals surface area contributed by atoms with Gasteiger partial charge in [0.15, 0.2) is 5.82 Å². The molecule has 116 valence electrons. The third-order valence-electron chi connectivity index (χ3n) is 3.55. The van der Waals surface area contributed by atoms with Crippen LogP contribution in [0.25, 0.3) is 0 Å². The van der Waals surface area contributed by atoms with E-state index in [1.807, 2.05) is 18.5 Å². The van der Waals surface area contributed by atoms with Crippen molar-refractivity contribution >= 4 is 11.7 Å². The van der Waals surface area contributed by atoms with Crippen LogP contribution in [0.5, 0.6) is 0 Å². The lowest BCUT2D eigenvalue weighted by atomic mass is 10.1. The Kier molecular flexibility index (Phi) is 4.94. The molecule has 0 spiro atoms. The van der Waals surface area contributed by atoms with Crippen molar-refractivity contribution in [3.63, 3.8) is 0 Å². The summed E-state index contributed by atoms with van der Waals surface area (Å²) in [6.45, 7) is 4.49. The molecule has 2 heterocycles. The maximum atomic E-state index is 12.0. The number of aryl methyl sites for hydroxylation is 3. The first-order chi connectivity index (χ1) is 10.5. The van der Waals surface area contributed by atoms with Crippen LogP contribution >= 0.6 is 0 Å². The van der Waals surface area contributed by atoms with E-state index < -0.39 is 0 Å². The van der Waals surface area contributed by atoms with Crippen molar-refractivity contribution in [2.45, 2.75) is 39.7 Å². The number of rotatable bonds is 6. The van der Waals surface area contributed by atoms with Gasteiger partial charge in [-0.25, -0.2) is 0 Å². The van der Waals surface area contributed by atoms with Gasteiger partial charge in [0, 0.05) is 31.4 Å². The lowest BCUT2D eigenvalue weighted by Gasteiger charge is -2.04. The molecule has 0 aliphatic rings. The standard InChI is InChI=1S/C15H20N6O/c1-11-13(12(2)21(18-11)9-4-8-16)5-6-15(22)17-14-7-10-20(3)19-14/h7,10H,4-6,9H2,1-3H3,(H,17,19,22). The maximum absolute atomic E-state index is 12.0. The molecule has 0 unspecified atom stereocenters. The van der Waals surface area contributed by atoms with Crippen molar-refractivity contribution in [1.82, 2.24) is 19.6 Å². The summed E-state index contributed by atoms with van der Waals surface area (Å²) >= 11 is 0. The van der Waals surface area contributed by atoms with Gasteiger partial charge in [-0.05, 0) is 25.8 Å². The van der Waals surface area contributed by atoms with Crippen molar-refractivity contribution in [2.75, 3.05) is 5.32 Å². The predicted octanol–water partition coefficient (Wildman–Crippen LogP) is 1.72. The molecule has 0 aliphatic heterocycles. The van der Waals surface area contributed by atoms with E-state index in [0.29, 0.717) is 31.6 Å². The third kappa shape index (κ3) is 3.73. The quantitative estimate of drug-likeness (QED) is 0.879. The van der Waals surface area contributed by atoms with Gasteiger partial charge in [0.05, 0.1) is 24.7 Å². The summed E-state index contributed by atoms with van der Waals surface area (Å²) in [6.07, 6.45) is 3.22. The Morgan fingerprint density at radius 2 is 2.18 bits per heavy atom. The molecule has 0 bridgehead atoms. The third-order valence-corrected chi connectivity index (χ3v) is 3.55. The average Bonchev–Trinajstić information content (AvgIpc) is 2.99. The van der Waals surface area contributed by atoms with Gasteiger partial charge in [-0.1, -0.05) is 0 Å². The first kappa shape index (κ1) is 15.8. The Morgan fingerprint density at radius 3 is 2.82 bits per heavy atom. The number of nitrogens with zero attached hydrogens (tertiary/aromatic N) is 5. The van der Waals surface area contributed by atoms with Crippen LogP contribution in [0.2, 0.25) is 0 Å². The predicted molar refractivity (Wildman–Crippen MR) is 82.1 cm³/mol. The SMILES string of the molecule is Cc1nn(CCC#N)c(C)c1CCC(=O)Nc1ccn(C)n1. The van der Waals surface area contributed by atoms with E-state index in [4.69, 9.17) is 5.26 Å². The van der Waals surface area contributed by atoms with Crippen LogP contribution in [-0.2, 0) is 24.8 Å². The molecule has 0 atom stereocenters. The minimum atomic E-state index is -0.0673. The monoisotopic (exact) mass is 300 g/mol. The molecule has 1 N–H and O–H groups in total. The fourth-order valence-electron chi connectivity index (χ4n) is 2.40. The number of nitrogens with one attached hydrogen (secondary N) is 1. The highest BCUT2D eigenvalue weighted by Crippen LogP contribution is 2.16. The van der Waals surface area contributed by atoms with Gasteiger partial charge >= 0.3 is 0 Å². The van der Waals surface area contributed by atoms with Crippen molar-refractivity contribution in [2.24, 2.45) is 7.05 Å². The van der Waals surface area contributed by atoms with Gasteiger partial charge in [-0.15, -0.1) is 0 Å². The van der Waals surface area contributed by atoms with E-state index in [1.54, 1.807) is 24.0 Å². The molecular weight excluding hydrogens is 280 g/mol. The number of hydrogen-bond donors (Lipinski definition) is 1. The number of hydrogen-bond acceptors (Lipinski definition) is 4. The Balaban J connectivity index is 1.95. The highest BCUT2D eigenvalue weighted by molar-refractivity contribution is 5.89. The first-order valence-electron chi connectivity index (χ1n) is 7.20. The Labute approximate surface area is 129 Å². The summed E-state index contributed by atoms with van der Waals surface area (Å²) in [5.74, 6) is 0.493. The van der Waals surface area contributed by atoms with Crippen LogP contribution in [0, 0.1) is 25.2 Å². The minimum Gasteiger partial charge on any atom is -0.309 e. The van der Waals surface area contributed by atoms with E-state index in [9.17, 15) is 4.79 Å². The van der Waals surface area contributed by atoms with Crippen LogP contribution in [0.1, 0.15) is 29.8 Å². The topological polar surface area (TPSA) is 88.5 Å². The van der Waals surface area contributed by atoms with E-state index in [2.05, 4.69) is 21.6 Å². The van der Waals surface area contributed by atoms with Gasteiger partial charge < -0.3 is 5.32 Å². The fraction of sp³-hybridized carbons (Fsp3) is 0.467. The molecule has 7 nitrogen and oxygen atoms in total. The molecule has 0 aliphatic carbocycles. The summed E-state index contributed by atoms with van der Waals surface area (Å²) in [5, 5.41) is 20.0. The van der Waals surface area contributed by atoms with Crippen LogP contribution < -0.4 is 5.32 Å². The molecule has 0 radical (unpaired) electrons. The number of anilines is 1. The largest absolute Gasteiger partial charge is 0.309 e. The summed E-state index contributed by atoms with van der Waals surface area (Å²) < 4.78 is 3.48. The zero-order chi connectivity index (χ0) is 16.1. The summed E-state index contributed by atoms with van der Waals surface area (Å²) in [4.78, 5) is 12.0. The van der Waals surface area contributed by atoms with Crippen molar-refractivity contribution in [3.05, 3.63) is 29.2 Å². The van der Waals surface area contributed by atoms with Gasteiger partial charge in [0.1, 0.15) is 0 Å². The van der Waals surface area contributed by atoms with E-state index in [1.165, 1.54) is 0 Å². The molecule has 7 heteroatoms. The summed E-state index contributed by atoms with van der Waals surface area (Å²) in [7, 11) is 1.80. The van der Waals surface area contributed by atoms with Gasteiger partial charge in [-0.2, -0.15) is 15.5 Å². The second kappa shape index (κ2) is 6.89. The molecule has 2 aromatic rings. The molecule has 0 saturated carbocycles. The first-order valence-corrected chi connectivity index (χ1v) is 7.20. The molecule has 22 heavy (non-hydrogen) atoms. The van der Waals surface area contributed by atoms with Crippen molar-refractivity contribution < 1.29 is 4.79 Å². The van der Waals surface area contributed by atoms with Gasteiger partial charge in [-0.3, -0.25) is 14.2 Å². The van der Waals surface area contributed by atoms with Crippen LogP contribution in [0.3, 0.4) is 0 Å². The van der Waals surface area contributed by atoms with E-state index in [0.717, 1.165) is 17.0 Å². The molecule has 2 aromatic heterocycles. The zero-order valence-corrected chi connectivity index (χ0v) is 13.1. The highest BCUT2D eigenvalue weighted by atomic mass is 16.1. The van der Waals surface area contributed by atoms with Crippen LogP contribution in [0.15, 0.2) is 12.3 Å². The number of carbonyl (C=O) groups excluding carboxylic acids is 1. The van der Waals surface area contributed by atoms with Crippen LogP contribution in [-0.4, -0.2) is 25.5 Å². The van der Waals surface area contributed by atoms with Gasteiger partial charge in [0.2, 0.25) is 5.91 Å². The lowest BCUT2D eigenvalue weighted by Crippen LogP contribution is -2.13. The lowest BCUT2D eigenvalue weighted by molar-refractivity contribution is -0.116. The molecule has 2 rings (SSSR count). The van der Waals surface area contributed by atoms with E-state index in [-0.39, 0.29) is 5.91 Å². The second-order valence-electron chi connectivity index (χ2n) is 5.20. The Hall–Kier alpha value is -2.62. The smallest absolute Gasteiger partial charge is 0.225 e. The fourth-order valence-corrected chi connectivity index (χ4v) is 2.40. The summed E-state index contributed by atoms with van der Waals surface area (Å²) in [6, 6.07) is 3.88. The van der Waals surface area contributed by atoms with Crippen LogP contribution in [0.4, 0.5) is 5.82 Å². The molecular formula is C15H20N6O. The maximum Gasteiger partial charge on any atom is 0.225 e. The number of nitriles is 1. The van der Waals surface area contributed by atoms with Gasteiger partial charge in [0.25, 0.3) is 0 Å². The molecule has 0 aromatic carbocycles. The Bertz CT molecular complexity index is 706. The Morgan fingerprint density at radius 1 is 1.41 bits per heavy atom. The number of amides is 1. The highest BCUT2D eigenvalue weighted by Gasteiger charge is 2.13. The van der Waals surface area contributed by atoms with Crippen molar-refractivity contribution in [3.8, 4) is 6.07 Å². The summed E-state index contributed by atoms with van der Waals surface area (Å²) in [5.41, 5.74) is 3.02. The van der Waals surface area contributed by atoms with Crippen molar-refractivity contribution in [1.29, 1.82) is 5.26 Å². The average molecular weight is 300 g/mol. The number of aromatic nitrogens is 4.